The molecule has 0 saturated carbocycles. The minimum atomic E-state index is -0.837. The van der Waals surface area contributed by atoms with Gasteiger partial charge in [-0.25, -0.2) is 9.78 Å². The number of aliphatic hydroxyl groups excluding tert-OH is 1. The number of amides is 1. The van der Waals surface area contributed by atoms with Crippen molar-refractivity contribution < 1.29 is 14.6 Å². The highest BCUT2D eigenvalue weighted by atomic mass is 35.5. The molecule has 0 fully saturated rings. The second-order valence-corrected chi connectivity index (χ2v) is 5.27. The number of hydrogen-bond acceptors (Lipinski definition) is 4. The fourth-order valence-electron chi connectivity index (χ4n) is 1.35. The van der Waals surface area contributed by atoms with Crippen LogP contribution < -0.4 is 5.32 Å². The summed E-state index contributed by atoms with van der Waals surface area (Å²) in [6.45, 7) is 6.82. The van der Waals surface area contributed by atoms with Crippen LogP contribution in [0.15, 0.2) is 12.3 Å². The van der Waals surface area contributed by atoms with Crippen LogP contribution in [0.25, 0.3) is 0 Å². The third kappa shape index (κ3) is 4.16. The highest BCUT2D eigenvalue weighted by Gasteiger charge is 2.20. The topological polar surface area (TPSA) is 71.5 Å². The van der Waals surface area contributed by atoms with Gasteiger partial charge < -0.3 is 9.84 Å². The van der Waals surface area contributed by atoms with Crippen molar-refractivity contribution in [2.24, 2.45) is 0 Å². The molecule has 1 heterocycles. The first-order valence-corrected chi connectivity index (χ1v) is 5.91. The van der Waals surface area contributed by atoms with E-state index in [9.17, 15) is 9.90 Å². The maximum Gasteiger partial charge on any atom is 0.413 e. The quantitative estimate of drug-likeness (QED) is 0.868. The van der Waals surface area contributed by atoms with E-state index < -0.39 is 17.8 Å². The first kappa shape index (κ1) is 14.7. The minimum Gasteiger partial charge on any atom is -0.444 e. The molecule has 18 heavy (non-hydrogen) atoms. The third-order valence-electron chi connectivity index (χ3n) is 1.97. The monoisotopic (exact) mass is 272 g/mol. The summed E-state index contributed by atoms with van der Waals surface area (Å²) in [5.74, 6) is 0.201. The Labute approximate surface area is 111 Å². The number of halogens is 1. The standard InChI is InChI=1S/C12H17ClN2O3/c1-7(16)9-8(13)5-6-14-10(9)15-11(17)18-12(2,3)4/h5-7,16H,1-4H3,(H,14,15,17). The van der Waals surface area contributed by atoms with Gasteiger partial charge in [-0.2, -0.15) is 0 Å². The SMILES string of the molecule is CC(O)c1c(Cl)ccnc1NC(=O)OC(C)(C)C. The second-order valence-electron chi connectivity index (χ2n) is 4.86. The summed E-state index contributed by atoms with van der Waals surface area (Å²) in [6.07, 6.45) is -0.0312. The maximum absolute atomic E-state index is 11.6. The van der Waals surface area contributed by atoms with Gasteiger partial charge in [-0.05, 0) is 33.8 Å². The Balaban J connectivity index is 2.91. The summed E-state index contributed by atoms with van der Waals surface area (Å²) in [5.41, 5.74) is -0.238. The van der Waals surface area contributed by atoms with Crippen molar-refractivity contribution in [3.05, 3.63) is 22.8 Å². The van der Waals surface area contributed by atoms with Crippen molar-refractivity contribution in [2.45, 2.75) is 39.4 Å². The Morgan fingerprint density at radius 2 is 2.17 bits per heavy atom. The zero-order valence-electron chi connectivity index (χ0n) is 10.8. The molecule has 6 heteroatoms. The number of carbonyl (C=O) groups excluding carboxylic acids is 1. The summed E-state index contributed by atoms with van der Waals surface area (Å²) in [4.78, 5) is 15.6. The van der Waals surface area contributed by atoms with E-state index in [1.807, 2.05) is 0 Å². The zero-order chi connectivity index (χ0) is 13.9. The predicted octanol–water partition coefficient (Wildman–Crippen LogP) is 3.14. The normalized spacial score (nSPS) is 13.0. The molecular formula is C12H17ClN2O3. The Morgan fingerprint density at radius 1 is 1.56 bits per heavy atom. The molecule has 1 aromatic heterocycles. The molecule has 1 amide bonds. The smallest absolute Gasteiger partial charge is 0.413 e. The van der Waals surface area contributed by atoms with Crippen LogP contribution in [-0.4, -0.2) is 21.8 Å². The number of carbonyl (C=O) groups is 1. The lowest BCUT2D eigenvalue weighted by molar-refractivity contribution is 0.0635. The molecule has 5 nitrogen and oxygen atoms in total. The first-order chi connectivity index (χ1) is 8.20. The molecule has 0 aromatic carbocycles. The van der Waals surface area contributed by atoms with Crippen molar-refractivity contribution in [1.29, 1.82) is 0 Å². The first-order valence-electron chi connectivity index (χ1n) is 5.53. The average Bonchev–Trinajstić information content (AvgIpc) is 2.13. The largest absolute Gasteiger partial charge is 0.444 e. The van der Waals surface area contributed by atoms with Gasteiger partial charge in [-0.15, -0.1) is 0 Å². The van der Waals surface area contributed by atoms with Gasteiger partial charge in [0.15, 0.2) is 0 Å². The number of nitrogens with one attached hydrogen (secondary N) is 1. The van der Waals surface area contributed by atoms with Crippen molar-refractivity contribution >= 4 is 23.5 Å². The van der Waals surface area contributed by atoms with Crippen LogP contribution in [0.1, 0.15) is 39.4 Å². The van der Waals surface area contributed by atoms with Crippen LogP contribution in [-0.2, 0) is 4.74 Å². The number of pyridine rings is 1. The summed E-state index contributed by atoms with van der Waals surface area (Å²) in [7, 11) is 0. The number of rotatable bonds is 2. The lowest BCUT2D eigenvalue weighted by Gasteiger charge is -2.20. The molecule has 1 atom stereocenters. The molecule has 1 unspecified atom stereocenters. The van der Waals surface area contributed by atoms with E-state index in [0.29, 0.717) is 10.6 Å². The van der Waals surface area contributed by atoms with Gasteiger partial charge in [0.1, 0.15) is 11.4 Å². The lowest BCUT2D eigenvalue weighted by Crippen LogP contribution is -2.28. The summed E-state index contributed by atoms with van der Waals surface area (Å²) in [5, 5.41) is 12.4. The Morgan fingerprint density at radius 3 is 2.67 bits per heavy atom. The zero-order valence-corrected chi connectivity index (χ0v) is 11.6. The molecule has 0 radical (unpaired) electrons. The number of aliphatic hydroxyl groups is 1. The van der Waals surface area contributed by atoms with Gasteiger partial charge in [0.05, 0.1) is 11.1 Å². The number of anilines is 1. The number of nitrogens with zero attached hydrogens (tertiary/aromatic N) is 1. The number of hydrogen-bond donors (Lipinski definition) is 2. The van der Waals surface area contributed by atoms with Crippen LogP contribution in [0.2, 0.25) is 5.02 Å². The van der Waals surface area contributed by atoms with Crippen molar-refractivity contribution in [1.82, 2.24) is 4.98 Å². The van der Waals surface area contributed by atoms with E-state index >= 15 is 0 Å². The van der Waals surface area contributed by atoms with Gasteiger partial charge in [-0.1, -0.05) is 11.6 Å². The third-order valence-corrected chi connectivity index (χ3v) is 2.30. The molecule has 0 spiro atoms. The number of ether oxygens (including phenoxy) is 1. The van der Waals surface area contributed by atoms with Crippen LogP contribution in [0.4, 0.5) is 10.6 Å². The molecule has 2 N–H and O–H groups in total. The van der Waals surface area contributed by atoms with Crippen molar-refractivity contribution in [2.75, 3.05) is 5.32 Å². The molecule has 0 aliphatic heterocycles. The Hall–Kier alpha value is -1.33. The average molecular weight is 273 g/mol. The number of aromatic nitrogens is 1. The Kier molecular flexibility index (Phi) is 4.53. The molecule has 0 aliphatic rings. The predicted molar refractivity (Wildman–Crippen MR) is 69.7 cm³/mol. The van der Waals surface area contributed by atoms with Gasteiger partial charge >= 0.3 is 6.09 Å². The fourth-order valence-corrected chi connectivity index (χ4v) is 1.65. The maximum atomic E-state index is 11.6. The van der Waals surface area contributed by atoms with Crippen molar-refractivity contribution in [3.8, 4) is 0 Å². The van der Waals surface area contributed by atoms with Crippen LogP contribution >= 0.6 is 11.6 Å². The lowest BCUT2D eigenvalue weighted by atomic mass is 10.1. The Bertz CT molecular complexity index is 441. The highest BCUT2D eigenvalue weighted by Crippen LogP contribution is 2.28. The summed E-state index contributed by atoms with van der Waals surface area (Å²) in [6, 6.07) is 1.55. The van der Waals surface area contributed by atoms with Crippen LogP contribution in [0, 0.1) is 0 Å². The molecule has 1 aromatic rings. The molecule has 100 valence electrons. The van der Waals surface area contributed by atoms with E-state index in [2.05, 4.69) is 10.3 Å². The van der Waals surface area contributed by atoms with E-state index in [1.54, 1.807) is 33.8 Å². The second kappa shape index (κ2) is 5.54. The molecule has 1 rings (SSSR count). The van der Waals surface area contributed by atoms with Gasteiger partial charge in [0.25, 0.3) is 0 Å². The summed E-state index contributed by atoms with van der Waals surface area (Å²) < 4.78 is 5.10. The van der Waals surface area contributed by atoms with E-state index in [1.165, 1.54) is 6.20 Å². The van der Waals surface area contributed by atoms with Crippen LogP contribution in [0.5, 0.6) is 0 Å². The van der Waals surface area contributed by atoms with Gasteiger partial charge in [-0.3, -0.25) is 5.32 Å². The van der Waals surface area contributed by atoms with Gasteiger partial charge in [0.2, 0.25) is 0 Å². The molecule has 0 aliphatic carbocycles. The van der Waals surface area contributed by atoms with Gasteiger partial charge in [0, 0.05) is 11.8 Å². The van der Waals surface area contributed by atoms with E-state index in [0.717, 1.165) is 0 Å². The summed E-state index contributed by atoms with van der Waals surface area (Å²) >= 11 is 5.95. The van der Waals surface area contributed by atoms with Crippen LogP contribution in [0.3, 0.4) is 0 Å². The fraction of sp³-hybridized carbons (Fsp3) is 0.500. The van der Waals surface area contributed by atoms with E-state index in [-0.39, 0.29) is 5.82 Å². The molecule has 0 bridgehead atoms. The highest BCUT2D eigenvalue weighted by molar-refractivity contribution is 6.31. The minimum absolute atomic E-state index is 0.201. The van der Waals surface area contributed by atoms with Crippen molar-refractivity contribution in [3.63, 3.8) is 0 Å². The molecule has 0 saturated heterocycles. The van der Waals surface area contributed by atoms with E-state index in [4.69, 9.17) is 16.3 Å². The molecular weight excluding hydrogens is 256 g/mol.